The Morgan fingerprint density at radius 3 is 2.46 bits per heavy atom. The molecule has 1 aliphatic heterocycles. The molecule has 0 aromatic heterocycles. The van der Waals surface area contributed by atoms with Gasteiger partial charge in [-0.1, -0.05) is 42.5 Å². The number of esters is 1. The van der Waals surface area contributed by atoms with Gasteiger partial charge >= 0.3 is 5.97 Å². The van der Waals surface area contributed by atoms with Crippen LogP contribution in [-0.4, -0.2) is 42.6 Å². The highest BCUT2D eigenvalue weighted by atomic mass is 16.7. The van der Waals surface area contributed by atoms with E-state index in [1.807, 2.05) is 42.5 Å². The number of nitrogens with one attached hydrogen (secondary N) is 1. The first-order valence-corrected chi connectivity index (χ1v) is 11.3. The molecular formula is C27H26N2O6. The zero-order chi connectivity index (χ0) is 24.6. The Bertz CT molecular complexity index is 1210. The second-order valence-electron chi connectivity index (χ2n) is 7.90. The predicted molar refractivity (Wildman–Crippen MR) is 128 cm³/mol. The Balaban J connectivity index is 1.46. The minimum Gasteiger partial charge on any atom is -0.465 e. The molecule has 0 spiro atoms. The van der Waals surface area contributed by atoms with E-state index in [1.54, 1.807) is 31.2 Å². The first-order valence-electron chi connectivity index (χ1n) is 11.3. The lowest BCUT2D eigenvalue weighted by Crippen LogP contribution is -2.36. The summed E-state index contributed by atoms with van der Waals surface area (Å²) in [5.41, 5.74) is 2.38. The van der Waals surface area contributed by atoms with Crippen molar-refractivity contribution < 1.29 is 28.6 Å². The van der Waals surface area contributed by atoms with E-state index in [-0.39, 0.29) is 44.8 Å². The molecule has 0 saturated heterocycles. The van der Waals surface area contributed by atoms with Crippen LogP contribution >= 0.6 is 0 Å². The molecule has 35 heavy (non-hydrogen) atoms. The first-order chi connectivity index (χ1) is 17.0. The van der Waals surface area contributed by atoms with Crippen LogP contribution in [0.25, 0.3) is 0 Å². The third-order valence-corrected chi connectivity index (χ3v) is 5.39. The Hall–Kier alpha value is -4.33. The molecule has 0 bridgehead atoms. The van der Waals surface area contributed by atoms with E-state index in [0.717, 1.165) is 11.1 Å². The summed E-state index contributed by atoms with van der Waals surface area (Å²) < 4.78 is 15.7. The highest BCUT2D eigenvalue weighted by molar-refractivity contribution is 6.00. The Morgan fingerprint density at radius 1 is 0.886 bits per heavy atom. The van der Waals surface area contributed by atoms with E-state index in [1.165, 1.54) is 11.0 Å². The Labute approximate surface area is 203 Å². The molecule has 0 saturated carbocycles. The number of carbonyl (C=O) groups is 3. The molecule has 3 aromatic carbocycles. The molecule has 1 aliphatic rings. The summed E-state index contributed by atoms with van der Waals surface area (Å²) >= 11 is 0. The van der Waals surface area contributed by atoms with Crippen LogP contribution in [0.1, 0.15) is 38.8 Å². The SMILES string of the molecule is CCOC(=O)CN(Cc1ccccc1)C(=O)c1cccc(C(=O)NCc2ccc3c(c2)OCO3)c1. The highest BCUT2D eigenvalue weighted by Crippen LogP contribution is 2.32. The van der Waals surface area contributed by atoms with E-state index >= 15 is 0 Å². The van der Waals surface area contributed by atoms with Crippen LogP contribution in [0.5, 0.6) is 11.5 Å². The van der Waals surface area contributed by atoms with Crippen molar-refractivity contribution in [3.8, 4) is 11.5 Å². The molecule has 0 aliphatic carbocycles. The fourth-order valence-electron chi connectivity index (χ4n) is 3.68. The van der Waals surface area contributed by atoms with Gasteiger partial charge < -0.3 is 24.4 Å². The molecule has 2 amide bonds. The van der Waals surface area contributed by atoms with Gasteiger partial charge in [0.25, 0.3) is 11.8 Å². The monoisotopic (exact) mass is 474 g/mol. The summed E-state index contributed by atoms with van der Waals surface area (Å²) in [4.78, 5) is 39.7. The summed E-state index contributed by atoms with van der Waals surface area (Å²) in [6.07, 6.45) is 0. The number of hydrogen-bond acceptors (Lipinski definition) is 6. The van der Waals surface area contributed by atoms with E-state index in [9.17, 15) is 14.4 Å². The van der Waals surface area contributed by atoms with Crippen molar-refractivity contribution >= 4 is 17.8 Å². The maximum absolute atomic E-state index is 13.3. The topological polar surface area (TPSA) is 94.2 Å². The fourth-order valence-corrected chi connectivity index (χ4v) is 3.68. The van der Waals surface area contributed by atoms with Crippen molar-refractivity contribution in [3.05, 3.63) is 95.1 Å². The number of amides is 2. The van der Waals surface area contributed by atoms with Crippen molar-refractivity contribution in [2.75, 3.05) is 19.9 Å². The number of ether oxygens (including phenoxy) is 3. The number of fused-ring (bicyclic) bond motifs is 1. The number of rotatable bonds is 9. The van der Waals surface area contributed by atoms with Crippen molar-refractivity contribution in [1.82, 2.24) is 10.2 Å². The molecule has 180 valence electrons. The van der Waals surface area contributed by atoms with Crippen molar-refractivity contribution in [2.24, 2.45) is 0 Å². The maximum Gasteiger partial charge on any atom is 0.325 e. The van der Waals surface area contributed by atoms with Gasteiger partial charge in [0, 0.05) is 24.2 Å². The number of nitrogens with zero attached hydrogens (tertiary/aromatic N) is 1. The van der Waals surface area contributed by atoms with Crippen LogP contribution in [0.4, 0.5) is 0 Å². The zero-order valence-electron chi connectivity index (χ0n) is 19.4. The van der Waals surface area contributed by atoms with E-state index in [0.29, 0.717) is 22.6 Å². The molecule has 0 radical (unpaired) electrons. The average molecular weight is 475 g/mol. The van der Waals surface area contributed by atoms with E-state index in [4.69, 9.17) is 14.2 Å². The second kappa shape index (κ2) is 11.2. The van der Waals surface area contributed by atoms with E-state index < -0.39 is 5.97 Å². The van der Waals surface area contributed by atoms with Gasteiger partial charge in [-0.25, -0.2) is 0 Å². The van der Waals surface area contributed by atoms with E-state index in [2.05, 4.69) is 5.32 Å². The number of hydrogen-bond donors (Lipinski definition) is 1. The molecule has 0 atom stereocenters. The lowest BCUT2D eigenvalue weighted by molar-refractivity contribution is -0.143. The predicted octanol–water partition coefficient (Wildman–Crippen LogP) is 3.55. The normalized spacial score (nSPS) is 11.6. The first kappa shape index (κ1) is 23.8. The van der Waals surface area contributed by atoms with Gasteiger partial charge in [-0.2, -0.15) is 0 Å². The fraction of sp³-hybridized carbons (Fsp3) is 0.222. The van der Waals surface area contributed by atoms with Gasteiger partial charge in [0.15, 0.2) is 11.5 Å². The summed E-state index contributed by atoms with van der Waals surface area (Å²) in [6.45, 7) is 2.46. The minimum absolute atomic E-state index is 0.184. The van der Waals surface area contributed by atoms with Gasteiger partial charge in [-0.3, -0.25) is 14.4 Å². The zero-order valence-corrected chi connectivity index (χ0v) is 19.4. The van der Waals surface area contributed by atoms with Crippen LogP contribution in [-0.2, 0) is 22.6 Å². The molecule has 1 heterocycles. The van der Waals surface area contributed by atoms with Crippen LogP contribution in [0.15, 0.2) is 72.8 Å². The largest absolute Gasteiger partial charge is 0.465 e. The van der Waals surface area contributed by atoms with Gasteiger partial charge in [-0.15, -0.1) is 0 Å². The van der Waals surface area contributed by atoms with Gasteiger partial charge in [0.1, 0.15) is 6.54 Å². The lowest BCUT2D eigenvalue weighted by Gasteiger charge is -2.22. The molecule has 4 rings (SSSR count). The molecule has 0 unspecified atom stereocenters. The van der Waals surface area contributed by atoms with Crippen molar-refractivity contribution in [3.63, 3.8) is 0 Å². The highest BCUT2D eigenvalue weighted by Gasteiger charge is 2.21. The van der Waals surface area contributed by atoms with Gasteiger partial charge in [0.2, 0.25) is 6.79 Å². The van der Waals surface area contributed by atoms with Crippen molar-refractivity contribution in [1.29, 1.82) is 0 Å². The third-order valence-electron chi connectivity index (χ3n) is 5.39. The van der Waals surface area contributed by atoms with Crippen molar-refractivity contribution in [2.45, 2.75) is 20.0 Å². The Morgan fingerprint density at radius 2 is 1.66 bits per heavy atom. The third kappa shape index (κ3) is 6.17. The van der Waals surface area contributed by atoms with Crippen LogP contribution in [0, 0.1) is 0 Å². The van der Waals surface area contributed by atoms with Crippen LogP contribution in [0.2, 0.25) is 0 Å². The molecule has 1 N–H and O–H groups in total. The minimum atomic E-state index is -0.491. The summed E-state index contributed by atoms with van der Waals surface area (Å²) in [5.74, 6) is 0.137. The number of carbonyl (C=O) groups excluding carboxylic acids is 3. The standard InChI is InChI=1S/C27H26N2O6/c1-2-33-25(30)17-29(16-19-7-4-3-5-8-19)27(32)22-10-6-9-21(14-22)26(31)28-15-20-11-12-23-24(13-20)35-18-34-23/h3-14H,2,15-18H2,1H3,(H,28,31). The van der Waals surface area contributed by atoms with Gasteiger partial charge in [0.05, 0.1) is 6.61 Å². The number of benzene rings is 3. The Kier molecular flexibility index (Phi) is 7.62. The van der Waals surface area contributed by atoms with Crippen LogP contribution in [0.3, 0.4) is 0 Å². The summed E-state index contributed by atoms with van der Waals surface area (Å²) in [7, 11) is 0. The smallest absolute Gasteiger partial charge is 0.325 e. The van der Waals surface area contributed by atoms with Gasteiger partial charge in [-0.05, 0) is 48.4 Å². The molecular weight excluding hydrogens is 448 g/mol. The van der Waals surface area contributed by atoms with Crippen LogP contribution < -0.4 is 14.8 Å². The summed E-state index contributed by atoms with van der Waals surface area (Å²) in [6, 6.07) is 21.3. The molecule has 0 fully saturated rings. The summed E-state index contributed by atoms with van der Waals surface area (Å²) in [5, 5.41) is 2.86. The quantitative estimate of drug-likeness (QED) is 0.477. The average Bonchev–Trinajstić information content (AvgIpc) is 3.35. The maximum atomic E-state index is 13.3. The molecule has 8 nitrogen and oxygen atoms in total. The second-order valence-corrected chi connectivity index (χ2v) is 7.90. The molecule has 8 heteroatoms. The molecule has 3 aromatic rings. The lowest BCUT2D eigenvalue weighted by atomic mass is 10.1.